The number of nitrogens with zero attached hydrogens (tertiary/aromatic N) is 1. The van der Waals surface area contributed by atoms with Gasteiger partial charge in [0, 0.05) is 22.3 Å². The van der Waals surface area contributed by atoms with Crippen LogP contribution >= 0.6 is 23.2 Å². The Morgan fingerprint density at radius 2 is 1.88 bits per heavy atom. The van der Waals surface area contributed by atoms with Crippen molar-refractivity contribution < 1.29 is 14.7 Å². The molecule has 0 bridgehead atoms. The van der Waals surface area contributed by atoms with Crippen LogP contribution in [0.4, 0.5) is 5.69 Å². The number of aliphatic carboxylic acids is 1. The van der Waals surface area contributed by atoms with Crippen LogP contribution in [0.15, 0.2) is 18.2 Å². The molecule has 1 aromatic carbocycles. The highest BCUT2D eigenvalue weighted by molar-refractivity contribution is 6.35. The van der Waals surface area contributed by atoms with Crippen molar-refractivity contribution in [1.82, 2.24) is 0 Å². The third-order valence-electron chi connectivity index (χ3n) is 2.66. The van der Waals surface area contributed by atoms with E-state index >= 15 is 0 Å². The molecule has 0 saturated carbocycles. The number of amides is 1. The second-order valence-corrected chi connectivity index (χ2v) is 4.67. The van der Waals surface area contributed by atoms with E-state index in [2.05, 4.69) is 0 Å². The fourth-order valence-corrected chi connectivity index (χ4v) is 2.38. The lowest BCUT2D eigenvalue weighted by molar-refractivity contribution is -0.144. The Hall–Kier alpha value is -1.26. The molecule has 1 heterocycles. The molecule has 1 aliphatic rings. The number of benzene rings is 1. The molecule has 1 aliphatic heterocycles. The van der Waals surface area contributed by atoms with E-state index < -0.39 is 17.8 Å². The minimum Gasteiger partial charge on any atom is -0.481 e. The fraction of sp³-hybridized carbons (Fsp3) is 0.273. The fourth-order valence-electron chi connectivity index (χ4n) is 1.86. The normalized spacial score (nSPS) is 19.8. The predicted molar refractivity (Wildman–Crippen MR) is 64.6 cm³/mol. The number of rotatable bonds is 2. The number of carbonyl (C=O) groups is 2. The molecule has 90 valence electrons. The van der Waals surface area contributed by atoms with Gasteiger partial charge in [-0.05, 0) is 24.6 Å². The van der Waals surface area contributed by atoms with Gasteiger partial charge in [-0.25, -0.2) is 0 Å². The summed E-state index contributed by atoms with van der Waals surface area (Å²) >= 11 is 11.7. The van der Waals surface area contributed by atoms with E-state index in [1.54, 1.807) is 18.2 Å². The van der Waals surface area contributed by atoms with Gasteiger partial charge in [-0.2, -0.15) is 0 Å². The highest BCUT2D eigenvalue weighted by atomic mass is 35.5. The summed E-state index contributed by atoms with van der Waals surface area (Å²) in [5, 5.41) is 9.69. The van der Waals surface area contributed by atoms with Crippen molar-refractivity contribution in [3.63, 3.8) is 0 Å². The van der Waals surface area contributed by atoms with Crippen molar-refractivity contribution in [2.75, 3.05) is 11.4 Å². The molecule has 0 radical (unpaired) electrons. The zero-order chi connectivity index (χ0) is 12.6. The Bertz CT molecular complexity index is 469. The molecule has 1 amide bonds. The van der Waals surface area contributed by atoms with Crippen LogP contribution in [0.3, 0.4) is 0 Å². The summed E-state index contributed by atoms with van der Waals surface area (Å²) in [6.45, 7) is 0.368. The maximum atomic E-state index is 11.8. The monoisotopic (exact) mass is 273 g/mol. The number of carbonyl (C=O) groups excluding carboxylic acids is 1. The number of hydrogen-bond donors (Lipinski definition) is 1. The Labute approximate surface area is 108 Å². The average Bonchev–Trinajstić information content (AvgIpc) is 2.58. The van der Waals surface area contributed by atoms with Crippen LogP contribution in [0.25, 0.3) is 0 Å². The number of halogens is 2. The van der Waals surface area contributed by atoms with Crippen LogP contribution in [0.2, 0.25) is 10.0 Å². The van der Waals surface area contributed by atoms with Gasteiger partial charge in [-0.3, -0.25) is 9.59 Å². The zero-order valence-electron chi connectivity index (χ0n) is 8.69. The van der Waals surface area contributed by atoms with E-state index in [9.17, 15) is 9.59 Å². The van der Waals surface area contributed by atoms with Gasteiger partial charge >= 0.3 is 5.97 Å². The van der Waals surface area contributed by atoms with E-state index in [0.717, 1.165) is 0 Å². The lowest BCUT2D eigenvalue weighted by atomic mass is 10.1. The van der Waals surface area contributed by atoms with Gasteiger partial charge in [0.25, 0.3) is 0 Å². The lowest BCUT2D eigenvalue weighted by Crippen LogP contribution is -2.30. The first kappa shape index (κ1) is 12.2. The molecule has 0 spiro atoms. The second-order valence-electron chi connectivity index (χ2n) is 3.80. The summed E-state index contributed by atoms with van der Waals surface area (Å²) in [4.78, 5) is 24.1. The third-order valence-corrected chi connectivity index (χ3v) is 3.10. The van der Waals surface area contributed by atoms with Crippen molar-refractivity contribution in [2.24, 2.45) is 5.92 Å². The van der Waals surface area contributed by atoms with Crippen LogP contribution in [-0.2, 0) is 9.59 Å². The van der Waals surface area contributed by atoms with E-state index in [4.69, 9.17) is 28.3 Å². The van der Waals surface area contributed by atoms with E-state index in [1.807, 2.05) is 0 Å². The molecule has 1 saturated heterocycles. The maximum Gasteiger partial charge on any atom is 0.316 e. The van der Waals surface area contributed by atoms with Crippen molar-refractivity contribution in [3.05, 3.63) is 28.2 Å². The molecule has 0 unspecified atom stereocenters. The van der Waals surface area contributed by atoms with Crippen molar-refractivity contribution in [1.29, 1.82) is 0 Å². The van der Waals surface area contributed by atoms with Gasteiger partial charge in [0.05, 0.1) is 0 Å². The quantitative estimate of drug-likeness (QED) is 0.842. The Morgan fingerprint density at radius 1 is 1.29 bits per heavy atom. The minimum absolute atomic E-state index is 0.304. The molecule has 1 fully saturated rings. The summed E-state index contributed by atoms with van der Waals surface area (Å²) in [5.41, 5.74) is 0.538. The van der Waals surface area contributed by atoms with Gasteiger partial charge in [0.1, 0.15) is 5.92 Å². The van der Waals surface area contributed by atoms with Crippen molar-refractivity contribution in [3.8, 4) is 0 Å². The summed E-state index contributed by atoms with van der Waals surface area (Å²) in [6.07, 6.45) is 0.304. The first-order valence-electron chi connectivity index (χ1n) is 4.99. The van der Waals surface area contributed by atoms with Crippen molar-refractivity contribution in [2.45, 2.75) is 6.42 Å². The Kier molecular flexibility index (Phi) is 3.26. The molecule has 0 aromatic heterocycles. The Morgan fingerprint density at radius 3 is 2.35 bits per heavy atom. The van der Waals surface area contributed by atoms with E-state index in [0.29, 0.717) is 28.7 Å². The van der Waals surface area contributed by atoms with Crippen LogP contribution in [0.5, 0.6) is 0 Å². The van der Waals surface area contributed by atoms with Crippen molar-refractivity contribution >= 4 is 40.8 Å². The van der Waals surface area contributed by atoms with E-state index in [-0.39, 0.29) is 0 Å². The van der Waals surface area contributed by atoms with Crippen LogP contribution in [0, 0.1) is 5.92 Å². The predicted octanol–water partition coefficient (Wildman–Crippen LogP) is 2.43. The van der Waals surface area contributed by atoms with Crippen LogP contribution in [0.1, 0.15) is 6.42 Å². The topological polar surface area (TPSA) is 57.6 Å². The SMILES string of the molecule is O=C(O)[C@H]1CCN(c2cc(Cl)cc(Cl)c2)C1=O. The van der Waals surface area contributed by atoms with Gasteiger partial charge in [-0.1, -0.05) is 23.2 Å². The van der Waals surface area contributed by atoms with Gasteiger partial charge in [-0.15, -0.1) is 0 Å². The summed E-state index contributed by atoms with van der Waals surface area (Å²) in [6, 6.07) is 4.74. The zero-order valence-corrected chi connectivity index (χ0v) is 10.2. The molecule has 4 nitrogen and oxygen atoms in total. The highest BCUT2D eigenvalue weighted by Gasteiger charge is 2.37. The third kappa shape index (κ3) is 2.37. The van der Waals surface area contributed by atoms with Crippen LogP contribution in [-0.4, -0.2) is 23.5 Å². The standard InChI is InChI=1S/C11H9Cl2NO3/c12-6-3-7(13)5-8(4-6)14-2-1-9(10(14)15)11(16)17/h3-5,9H,1-2H2,(H,16,17)/t9-/m0/s1. The highest BCUT2D eigenvalue weighted by Crippen LogP contribution is 2.30. The smallest absolute Gasteiger partial charge is 0.316 e. The first-order chi connectivity index (χ1) is 7.99. The average molecular weight is 274 g/mol. The molecule has 1 atom stereocenters. The van der Waals surface area contributed by atoms with Crippen LogP contribution < -0.4 is 4.90 Å². The van der Waals surface area contributed by atoms with Gasteiger partial charge in [0.2, 0.25) is 5.91 Å². The summed E-state index contributed by atoms with van der Waals surface area (Å²) < 4.78 is 0. The molecule has 0 aliphatic carbocycles. The minimum atomic E-state index is -1.09. The summed E-state index contributed by atoms with van der Waals surface area (Å²) in [5.74, 6) is -2.48. The number of hydrogen-bond acceptors (Lipinski definition) is 2. The molecule has 2 rings (SSSR count). The molecule has 1 N–H and O–H groups in total. The largest absolute Gasteiger partial charge is 0.481 e. The van der Waals surface area contributed by atoms with E-state index in [1.165, 1.54) is 4.90 Å². The summed E-state index contributed by atoms with van der Waals surface area (Å²) in [7, 11) is 0. The Balaban J connectivity index is 2.30. The first-order valence-corrected chi connectivity index (χ1v) is 5.75. The van der Waals surface area contributed by atoms with Gasteiger partial charge < -0.3 is 10.0 Å². The number of carboxylic acids is 1. The molecular weight excluding hydrogens is 265 g/mol. The lowest BCUT2D eigenvalue weighted by Gasteiger charge is -2.16. The molecule has 6 heteroatoms. The van der Waals surface area contributed by atoms with Gasteiger partial charge in [0.15, 0.2) is 0 Å². The number of carboxylic acid groups (broad SMARTS) is 1. The molecule has 1 aromatic rings. The number of anilines is 1. The second kappa shape index (κ2) is 4.55. The molecular formula is C11H9Cl2NO3. The maximum absolute atomic E-state index is 11.8. The molecule has 17 heavy (non-hydrogen) atoms.